The van der Waals surface area contributed by atoms with Gasteiger partial charge >= 0.3 is 0 Å². The average Bonchev–Trinajstić information content (AvgIpc) is 4.10. The van der Waals surface area contributed by atoms with E-state index in [1.54, 1.807) is 0 Å². The van der Waals surface area contributed by atoms with Crippen molar-refractivity contribution < 1.29 is 0 Å². The Morgan fingerprint density at radius 3 is 1.46 bits per heavy atom. The predicted molar refractivity (Wildman–Crippen MR) is 299 cm³/mol. The fraction of sp³-hybridized carbons (Fsp3) is 0.101. The van der Waals surface area contributed by atoms with Gasteiger partial charge in [0.25, 0.3) is 0 Å². The summed E-state index contributed by atoms with van der Waals surface area (Å²) >= 11 is 1.95. The van der Waals surface area contributed by atoms with Crippen molar-refractivity contribution >= 4 is 22.1 Å². The third-order valence-electron chi connectivity index (χ3n) is 15.1. The highest BCUT2D eigenvalue weighted by atomic mass is 32.1. The van der Waals surface area contributed by atoms with Gasteiger partial charge in [-0.25, -0.2) is 0 Å². The van der Waals surface area contributed by atoms with Crippen LogP contribution in [0.5, 0.6) is 0 Å². The maximum atomic E-state index is 2.44. The largest absolute Gasteiger partial charge is 0.134 e. The maximum absolute atomic E-state index is 2.44. The zero-order valence-corrected chi connectivity index (χ0v) is 41.2. The zero-order chi connectivity index (χ0) is 47.6. The van der Waals surface area contributed by atoms with Crippen molar-refractivity contribution in [2.45, 2.75) is 45.4 Å². The second-order valence-electron chi connectivity index (χ2n) is 19.7. The molecule has 11 aromatic rings. The molecule has 1 aromatic heterocycles. The second kappa shape index (κ2) is 17.3. The number of rotatable bonds is 3. The highest BCUT2D eigenvalue weighted by Crippen LogP contribution is 2.68. The maximum Gasteiger partial charge on any atom is 0.0740 e. The van der Waals surface area contributed by atoms with Crippen LogP contribution < -0.4 is 0 Å². The minimum Gasteiger partial charge on any atom is -0.134 e. The topological polar surface area (TPSA) is 0 Å². The lowest BCUT2D eigenvalue weighted by molar-refractivity contribution is 0.660. The summed E-state index contributed by atoms with van der Waals surface area (Å²) in [4.78, 5) is 2.73. The lowest BCUT2D eigenvalue weighted by Gasteiger charge is -2.31. The van der Waals surface area contributed by atoms with Crippen LogP contribution in [0.4, 0.5) is 0 Å². The predicted octanol–water partition coefficient (Wildman–Crippen LogP) is 18.9. The Kier molecular flexibility index (Phi) is 10.7. The minimum absolute atomic E-state index is 0.151. The molecule has 0 bridgehead atoms. The average molecular weight is 915 g/mol. The number of fused-ring (bicyclic) bond motifs is 14. The highest BCUT2D eigenvalue weighted by Gasteiger charge is 2.54. The first-order chi connectivity index (χ1) is 34.2. The van der Waals surface area contributed by atoms with E-state index in [0.29, 0.717) is 0 Å². The first-order valence-corrected chi connectivity index (χ1v) is 25.4. The molecule has 1 heterocycles. The smallest absolute Gasteiger partial charge is 0.0740 e. The van der Waals surface area contributed by atoms with Crippen molar-refractivity contribution in [1.82, 2.24) is 0 Å². The van der Waals surface area contributed by atoms with Crippen molar-refractivity contribution in [2.24, 2.45) is 0 Å². The fourth-order valence-corrected chi connectivity index (χ4v) is 13.3. The molecule has 0 N–H and O–H groups in total. The Balaban J connectivity index is 0.000000126. The molecule has 1 spiro atoms. The first kappa shape index (κ1) is 43.4. The van der Waals surface area contributed by atoms with Gasteiger partial charge in [-0.1, -0.05) is 262 Å². The van der Waals surface area contributed by atoms with Crippen molar-refractivity contribution in [2.75, 3.05) is 0 Å². The SMILES string of the molecule is Cc1ccc2c(c1)C(C)(C)c1ccccc1-2.Cc1ccc2c(c1)C1(c3ccccc3-2)c2ccccc2-c2c(-c3ccccc3)sc(-c3ccccc3)c21.Cc1ccccc1-c1cccc2ccccc12. The van der Waals surface area contributed by atoms with E-state index in [9.17, 15) is 0 Å². The van der Waals surface area contributed by atoms with E-state index < -0.39 is 0 Å². The van der Waals surface area contributed by atoms with Crippen LogP contribution in [0.25, 0.3) is 76.2 Å². The lowest BCUT2D eigenvalue weighted by Crippen LogP contribution is -2.26. The normalized spacial score (nSPS) is 14.8. The number of thiophene rings is 1. The summed E-state index contributed by atoms with van der Waals surface area (Å²) in [5, 5.41) is 2.62. The number of aryl methyl sites for hydroxylation is 3. The van der Waals surface area contributed by atoms with Gasteiger partial charge in [0.2, 0.25) is 0 Å². The summed E-state index contributed by atoms with van der Waals surface area (Å²) in [6.07, 6.45) is 0. The van der Waals surface area contributed by atoms with Crippen LogP contribution >= 0.6 is 11.3 Å². The summed E-state index contributed by atoms with van der Waals surface area (Å²) in [5.41, 5.74) is 25.9. The van der Waals surface area contributed by atoms with Crippen LogP contribution in [0.1, 0.15) is 63.9 Å². The van der Waals surface area contributed by atoms with E-state index in [1.807, 2.05) is 11.3 Å². The molecule has 0 fully saturated rings. The van der Waals surface area contributed by atoms with E-state index in [4.69, 9.17) is 0 Å². The highest BCUT2D eigenvalue weighted by molar-refractivity contribution is 7.19. The van der Waals surface area contributed by atoms with Crippen LogP contribution in [0, 0.1) is 20.8 Å². The molecule has 1 unspecified atom stereocenters. The van der Waals surface area contributed by atoms with Gasteiger partial charge in [-0.05, 0) is 121 Å². The monoisotopic (exact) mass is 914 g/mol. The number of benzene rings is 10. The Morgan fingerprint density at radius 1 is 0.329 bits per heavy atom. The molecule has 70 heavy (non-hydrogen) atoms. The van der Waals surface area contributed by atoms with Crippen molar-refractivity contribution in [3.63, 3.8) is 0 Å². The molecule has 1 heteroatoms. The van der Waals surface area contributed by atoms with E-state index in [-0.39, 0.29) is 10.8 Å². The van der Waals surface area contributed by atoms with Crippen molar-refractivity contribution in [3.05, 3.63) is 287 Å². The minimum atomic E-state index is -0.335. The molecule has 3 aliphatic carbocycles. The van der Waals surface area contributed by atoms with Crippen molar-refractivity contribution in [1.29, 1.82) is 0 Å². The molecular formula is C69H54S. The Labute approximate surface area is 417 Å². The molecule has 0 radical (unpaired) electrons. The second-order valence-corrected chi connectivity index (χ2v) is 20.7. The van der Waals surface area contributed by atoms with Gasteiger partial charge in [0.15, 0.2) is 0 Å². The molecule has 336 valence electrons. The number of hydrogen-bond acceptors (Lipinski definition) is 1. The number of hydrogen-bond donors (Lipinski definition) is 0. The van der Waals surface area contributed by atoms with Gasteiger partial charge in [-0.3, -0.25) is 0 Å². The molecular weight excluding hydrogens is 861 g/mol. The van der Waals surface area contributed by atoms with Gasteiger partial charge in [0.1, 0.15) is 0 Å². The summed E-state index contributed by atoms with van der Waals surface area (Å²) in [6, 6.07) is 86.3. The molecule has 3 aliphatic rings. The van der Waals surface area contributed by atoms with Gasteiger partial charge in [-0.15, -0.1) is 11.3 Å². The summed E-state index contributed by atoms with van der Waals surface area (Å²) in [6.45, 7) is 11.2. The molecule has 14 rings (SSSR count). The van der Waals surface area contributed by atoms with E-state index >= 15 is 0 Å². The fourth-order valence-electron chi connectivity index (χ4n) is 11.9. The van der Waals surface area contributed by atoms with Gasteiger partial charge in [-0.2, -0.15) is 0 Å². The van der Waals surface area contributed by atoms with Gasteiger partial charge < -0.3 is 0 Å². The summed E-state index contributed by atoms with van der Waals surface area (Å²) in [5.74, 6) is 0. The molecule has 0 aliphatic heterocycles. The Bertz CT molecular complexity index is 3770. The third-order valence-corrected chi connectivity index (χ3v) is 16.4. The molecule has 0 saturated carbocycles. The molecule has 10 aromatic carbocycles. The van der Waals surface area contributed by atoms with Gasteiger partial charge in [0, 0.05) is 20.7 Å². The van der Waals surface area contributed by atoms with Crippen LogP contribution in [-0.4, -0.2) is 0 Å². The zero-order valence-electron chi connectivity index (χ0n) is 40.4. The van der Waals surface area contributed by atoms with Crippen LogP contribution in [-0.2, 0) is 10.8 Å². The molecule has 0 saturated heterocycles. The molecule has 0 amide bonds. The molecule has 0 nitrogen and oxygen atoms in total. The third kappa shape index (κ3) is 6.86. The van der Waals surface area contributed by atoms with Crippen LogP contribution in [0.2, 0.25) is 0 Å². The van der Waals surface area contributed by atoms with E-state index in [0.717, 1.165) is 0 Å². The Hall–Kier alpha value is -7.84. The van der Waals surface area contributed by atoms with Crippen LogP contribution in [0.3, 0.4) is 0 Å². The van der Waals surface area contributed by atoms with Gasteiger partial charge in [0.05, 0.1) is 5.41 Å². The van der Waals surface area contributed by atoms with Crippen molar-refractivity contribution in [3.8, 4) is 65.4 Å². The summed E-state index contributed by atoms with van der Waals surface area (Å²) in [7, 11) is 0. The standard InChI is InChI=1S/C36H24S.C17H14.C16H16/c1-23-20-21-27-26-16-8-10-18-29(26)36(31(27)22-23)30-19-11-9-17-28(30)32-33(36)35(25-14-6-3-7-15-25)37-34(32)24-12-4-2-5-13-24;1-13-7-2-4-10-15(13)17-12-6-9-14-8-3-5-11-16(14)17;1-11-8-9-13-12-6-4-5-7-14(12)16(2,3)15(13)10-11/h2-22H,1H3;2-12H,1H3;4-10H,1-3H3. The molecule has 1 atom stereocenters. The lowest BCUT2D eigenvalue weighted by atomic mass is 9.70. The first-order valence-electron chi connectivity index (χ1n) is 24.6. The Morgan fingerprint density at radius 2 is 0.786 bits per heavy atom. The van der Waals surface area contributed by atoms with Crippen LogP contribution in [0.15, 0.2) is 237 Å². The quantitative estimate of drug-likeness (QED) is 0.166. The van der Waals surface area contributed by atoms with E-state index in [1.165, 1.54) is 126 Å². The van der Waals surface area contributed by atoms with E-state index in [2.05, 4.69) is 271 Å². The summed E-state index contributed by atoms with van der Waals surface area (Å²) < 4.78 is 0.